The van der Waals surface area contributed by atoms with Gasteiger partial charge in [-0.2, -0.15) is 0 Å². The van der Waals surface area contributed by atoms with Crippen molar-refractivity contribution in [3.63, 3.8) is 0 Å². The number of carbonyl (C=O) groups excluding carboxylic acids is 1. The molecule has 0 radical (unpaired) electrons. The Morgan fingerprint density at radius 1 is 1.41 bits per heavy atom. The molecular weight excluding hydrogens is 222 g/mol. The Balaban J connectivity index is 1.42. The van der Waals surface area contributed by atoms with E-state index in [4.69, 9.17) is 0 Å². The van der Waals surface area contributed by atoms with Crippen LogP contribution in [0.3, 0.4) is 0 Å². The van der Waals surface area contributed by atoms with Crippen LogP contribution >= 0.6 is 0 Å². The monoisotopic (exact) mass is 237 g/mol. The number of nitrogens with one attached hydrogen (secondary N) is 2. The Kier molecular flexibility index (Phi) is 2.49. The molecule has 92 valence electrons. The van der Waals surface area contributed by atoms with E-state index in [2.05, 4.69) is 20.0 Å². The fourth-order valence-corrected chi connectivity index (χ4v) is 2.75. The Morgan fingerprint density at radius 3 is 2.82 bits per heavy atom. The van der Waals surface area contributed by atoms with E-state index >= 15 is 0 Å². The smallest absolute Gasteiger partial charge is 0.355 e. The molecule has 1 amide bonds. The van der Waals surface area contributed by atoms with Crippen molar-refractivity contribution in [3.8, 4) is 0 Å². The molecule has 0 saturated heterocycles. The summed E-state index contributed by atoms with van der Waals surface area (Å²) < 4.78 is 4.37. The molecule has 2 fully saturated rings. The van der Waals surface area contributed by atoms with Crippen LogP contribution in [-0.4, -0.2) is 22.6 Å². The number of hydrogen-bond donors (Lipinski definition) is 2. The first-order valence-corrected chi connectivity index (χ1v) is 6.05. The average Bonchev–Trinajstić information content (AvgIpc) is 2.74. The molecule has 0 aliphatic heterocycles. The van der Waals surface area contributed by atoms with E-state index in [9.17, 15) is 9.59 Å². The van der Waals surface area contributed by atoms with Crippen molar-refractivity contribution in [1.29, 1.82) is 0 Å². The molecule has 1 aromatic heterocycles. The third kappa shape index (κ3) is 2.25. The van der Waals surface area contributed by atoms with Gasteiger partial charge in [0.05, 0.1) is 0 Å². The topological polar surface area (TPSA) is 88.0 Å². The summed E-state index contributed by atoms with van der Waals surface area (Å²) in [6.45, 7) is 0.493. The molecule has 0 bridgehead atoms. The molecule has 2 aliphatic rings. The highest BCUT2D eigenvalue weighted by atomic mass is 16.5. The van der Waals surface area contributed by atoms with Gasteiger partial charge in [-0.1, -0.05) is 5.16 Å². The zero-order chi connectivity index (χ0) is 11.8. The molecule has 0 spiro atoms. The van der Waals surface area contributed by atoms with Crippen LogP contribution < -0.4 is 11.1 Å². The summed E-state index contributed by atoms with van der Waals surface area (Å²) in [4.78, 5) is 24.9. The quantitative estimate of drug-likeness (QED) is 0.775. The van der Waals surface area contributed by atoms with Crippen LogP contribution in [0.4, 0.5) is 0 Å². The second-order valence-electron chi connectivity index (χ2n) is 5.01. The third-order valence-corrected chi connectivity index (χ3v) is 3.76. The third-order valence-electron chi connectivity index (χ3n) is 3.76. The van der Waals surface area contributed by atoms with Crippen molar-refractivity contribution in [2.24, 2.45) is 17.8 Å². The lowest BCUT2D eigenvalue weighted by molar-refractivity contribution is -0.125. The Bertz CT molecular complexity index is 468. The van der Waals surface area contributed by atoms with E-state index in [-0.39, 0.29) is 11.8 Å². The highest BCUT2D eigenvalue weighted by molar-refractivity contribution is 5.79. The minimum absolute atomic E-state index is 0.142. The van der Waals surface area contributed by atoms with Crippen molar-refractivity contribution >= 4 is 5.91 Å². The zero-order valence-electron chi connectivity index (χ0n) is 9.44. The fourth-order valence-electron chi connectivity index (χ4n) is 2.75. The van der Waals surface area contributed by atoms with Gasteiger partial charge in [0.15, 0.2) is 5.82 Å². The van der Waals surface area contributed by atoms with Crippen molar-refractivity contribution in [3.05, 3.63) is 16.4 Å². The fraction of sp³-hybridized carbons (Fsp3) is 0.727. The number of amides is 1. The Labute approximate surface area is 97.8 Å². The second kappa shape index (κ2) is 4.01. The van der Waals surface area contributed by atoms with Gasteiger partial charge in [-0.05, 0) is 31.1 Å². The van der Waals surface area contributed by atoms with E-state index in [1.165, 1.54) is 6.42 Å². The number of H-pyrrole nitrogens is 1. The second-order valence-corrected chi connectivity index (χ2v) is 5.01. The maximum atomic E-state index is 11.8. The average molecular weight is 237 g/mol. The molecule has 3 rings (SSSR count). The molecule has 6 nitrogen and oxygen atoms in total. The van der Waals surface area contributed by atoms with Gasteiger partial charge >= 0.3 is 5.76 Å². The predicted octanol–water partition coefficient (Wildman–Crippen LogP) is 0.0677. The number of fused-ring (bicyclic) bond motifs is 1. The van der Waals surface area contributed by atoms with Crippen molar-refractivity contribution < 1.29 is 9.32 Å². The minimum atomic E-state index is -0.554. The van der Waals surface area contributed by atoms with Gasteiger partial charge in [0.1, 0.15) is 0 Å². The van der Waals surface area contributed by atoms with Crippen LogP contribution in [0.2, 0.25) is 0 Å². The van der Waals surface area contributed by atoms with Gasteiger partial charge in [0.25, 0.3) is 0 Å². The first-order chi connectivity index (χ1) is 8.22. The number of rotatable bonds is 4. The lowest BCUT2D eigenvalue weighted by Gasteiger charge is -2.11. The van der Waals surface area contributed by atoms with Gasteiger partial charge < -0.3 is 5.32 Å². The molecule has 0 aromatic carbocycles. The largest absolute Gasteiger partial charge is 0.438 e. The summed E-state index contributed by atoms with van der Waals surface area (Å²) >= 11 is 0. The lowest BCUT2D eigenvalue weighted by atomic mass is 10.0. The van der Waals surface area contributed by atoms with Crippen molar-refractivity contribution in [2.45, 2.75) is 25.7 Å². The van der Waals surface area contributed by atoms with Crippen LogP contribution in [0.25, 0.3) is 0 Å². The molecule has 1 unspecified atom stereocenters. The van der Waals surface area contributed by atoms with Crippen LogP contribution in [0.5, 0.6) is 0 Å². The predicted molar refractivity (Wildman–Crippen MR) is 58.2 cm³/mol. The van der Waals surface area contributed by atoms with Crippen LogP contribution in [0, 0.1) is 17.8 Å². The highest BCUT2D eigenvalue weighted by Gasteiger charge is 2.47. The highest BCUT2D eigenvalue weighted by Crippen LogP contribution is 2.54. The molecular formula is C11H15N3O3. The van der Waals surface area contributed by atoms with Crippen LogP contribution in [0.1, 0.15) is 25.1 Å². The Hall–Kier alpha value is -1.59. The molecule has 1 aromatic rings. The molecule has 17 heavy (non-hydrogen) atoms. The summed E-state index contributed by atoms with van der Waals surface area (Å²) in [5.74, 6) is 1.90. The molecule has 6 heteroatoms. The summed E-state index contributed by atoms with van der Waals surface area (Å²) in [7, 11) is 0. The van der Waals surface area contributed by atoms with Crippen LogP contribution in [0.15, 0.2) is 9.32 Å². The molecule has 2 saturated carbocycles. The summed E-state index contributed by atoms with van der Waals surface area (Å²) in [5, 5.41) is 6.42. The van der Waals surface area contributed by atoms with Crippen LogP contribution in [-0.2, 0) is 11.2 Å². The first kappa shape index (κ1) is 10.6. The number of aromatic nitrogens is 2. The van der Waals surface area contributed by atoms with E-state index in [1.54, 1.807) is 0 Å². The standard InChI is InChI=1S/C11H15N3O3/c15-10(8-4-6-3-7(6)5-8)12-2-1-9-13-11(16)17-14-9/h6-8H,1-5H2,(H,12,15)(H,13,14,16)/t6-,7+,8?. The summed E-state index contributed by atoms with van der Waals surface area (Å²) in [6.07, 6.45) is 3.93. The SMILES string of the molecule is O=C(NCCc1noc(=O)[nH]1)C1C[C@@H]2C[C@@H]2C1. The van der Waals surface area contributed by atoms with Gasteiger partial charge in [-0.15, -0.1) is 0 Å². The van der Waals surface area contributed by atoms with Gasteiger partial charge in [0, 0.05) is 18.9 Å². The molecule has 2 aliphatic carbocycles. The van der Waals surface area contributed by atoms with Gasteiger partial charge in [-0.25, -0.2) is 4.79 Å². The first-order valence-electron chi connectivity index (χ1n) is 6.05. The summed E-state index contributed by atoms with van der Waals surface area (Å²) in [6, 6.07) is 0. The maximum Gasteiger partial charge on any atom is 0.438 e. The van der Waals surface area contributed by atoms with E-state index < -0.39 is 5.76 Å². The van der Waals surface area contributed by atoms with Gasteiger partial charge in [0.2, 0.25) is 5.91 Å². The number of aromatic amines is 1. The minimum Gasteiger partial charge on any atom is -0.355 e. The number of carbonyl (C=O) groups is 1. The zero-order valence-corrected chi connectivity index (χ0v) is 9.44. The number of nitrogens with zero attached hydrogens (tertiary/aromatic N) is 1. The lowest BCUT2D eigenvalue weighted by Crippen LogP contribution is -2.31. The van der Waals surface area contributed by atoms with E-state index in [1.807, 2.05) is 0 Å². The summed E-state index contributed by atoms with van der Waals surface area (Å²) in [5.41, 5.74) is 0. The molecule has 1 heterocycles. The Morgan fingerprint density at radius 2 is 2.18 bits per heavy atom. The molecule has 2 N–H and O–H groups in total. The van der Waals surface area contributed by atoms with Crippen molar-refractivity contribution in [1.82, 2.24) is 15.5 Å². The van der Waals surface area contributed by atoms with E-state index in [0.29, 0.717) is 18.8 Å². The van der Waals surface area contributed by atoms with Crippen molar-refractivity contribution in [2.75, 3.05) is 6.54 Å². The van der Waals surface area contributed by atoms with E-state index in [0.717, 1.165) is 24.7 Å². The number of hydrogen-bond acceptors (Lipinski definition) is 4. The molecule has 3 atom stereocenters. The van der Waals surface area contributed by atoms with Gasteiger partial charge in [-0.3, -0.25) is 14.3 Å². The maximum absolute atomic E-state index is 11.8. The normalized spacial score (nSPS) is 30.0.